The fourth-order valence-corrected chi connectivity index (χ4v) is 1.31. The smallest absolute Gasteiger partial charge is 0.358 e. The second-order valence-corrected chi connectivity index (χ2v) is 2.97. The molecule has 7 heteroatoms. The van der Waals surface area contributed by atoms with Gasteiger partial charge in [0.2, 0.25) is 5.69 Å². The van der Waals surface area contributed by atoms with Crippen molar-refractivity contribution in [2.24, 2.45) is 0 Å². The van der Waals surface area contributed by atoms with E-state index in [1.54, 1.807) is 0 Å². The van der Waals surface area contributed by atoms with Gasteiger partial charge in [-0.25, -0.2) is 8.78 Å². The highest BCUT2D eigenvalue weighted by Crippen LogP contribution is 2.23. The Labute approximate surface area is 86.2 Å². The minimum Gasteiger partial charge on any atom is -0.358 e. The molecule has 14 heavy (non-hydrogen) atoms. The quantitative estimate of drug-likeness (QED) is 0.480. The number of nitrogens with zero attached hydrogens (tertiary/aromatic N) is 2. The van der Waals surface area contributed by atoms with Crippen molar-refractivity contribution in [3.05, 3.63) is 33.5 Å². The number of halogens is 3. The van der Waals surface area contributed by atoms with E-state index < -0.39 is 22.9 Å². The zero-order valence-corrected chi connectivity index (χ0v) is 8.37. The van der Waals surface area contributed by atoms with E-state index >= 15 is 0 Å². The molecule has 1 heterocycles. The first-order valence-electron chi connectivity index (χ1n) is 3.54. The van der Waals surface area contributed by atoms with Crippen LogP contribution in [-0.4, -0.2) is 9.91 Å². The summed E-state index contributed by atoms with van der Waals surface area (Å²) in [7, 11) is 0. The van der Waals surface area contributed by atoms with E-state index in [1.807, 2.05) is 0 Å². The van der Waals surface area contributed by atoms with Crippen LogP contribution in [0.3, 0.4) is 0 Å². The van der Waals surface area contributed by atoms with Crippen molar-refractivity contribution >= 4 is 21.7 Å². The van der Waals surface area contributed by atoms with Gasteiger partial charge in [0.25, 0.3) is 0 Å². The summed E-state index contributed by atoms with van der Waals surface area (Å²) >= 11 is 3.01. The number of pyridine rings is 1. The van der Waals surface area contributed by atoms with Crippen molar-refractivity contribution in [1.82, 2.24) is 4.98 Å². The summed E-state index contributed by atoms with van der Waals surface area (Å²) in [5, 5.41) is 10.6. The molecule has 1 aromatic rings. The zero-order valence-electron chi connectivity index (χ0n) is 6.78. The zero-order chi connectivity index (χ0) is 10.7. The van der Waals surface area contributed by atoms with Crippen LogP contribution >= 0.6 is 15.9 Å². The van der Waals surface area contributed by atoms with Gasteiger partial charge in [0.15, 0.2) is 0 Å². The van der Waals surface area contributed by atoms with Crippen molar-refractivity contribution in [2.45, 2.75) is 11.8 Å². The predicted octanol–water partition coefficient (Wildman–Crippen LogP) is 2.82. The number of alkyl halides is 3. The maximum atomic E-state index is 12.1. The fraction of sp³-hybridized carbons (Fsp3) is 0.286. The lowest BCUT2D eigenvalue weighted by molar-refractivity contribution is -0.390. The third-order valence-corrected chi connectivity index (χ3v) is 2.12. The third kappa shape index (κ3) is 2.22. The summed E-state index contributed by atoms with van der Waals surface area (Å²) in [6.45, 7) is 0. The molecule has 0 aliphatic heterocycles. The van der Waals surface area contributed by atoms with Gasteiger partial charge in [-0.3, -0.25) is 0 Å². The Kier molecular flexibility index (Phi) is 3.45. The lowest BCUT2D eigenvalue weighted by Crippen LogP contribution is -2.00. The highest BCUT2D eigenvalue weighted by atomic mass is 79.9. The molecule has 1 aromatic heterocycles. The van der Waals surface area contributed by atoms with Crippen molar-refractivity contribution in [3.8, 4) is 0 Å². The van der Waals surface area contributed by atoms with Gasteiger partial charge in [0, 0.05) is 5.33 Å². The minimum atomic E-state index is -2.79. The van der Waals surface area contributed by atoms with Gasteiger partial charge in [-0.05, 0) is 22.0 Å². The average molecular weight is 267 g/mol. The molecule has 0 radical (unpaired) electrons. The number of rotatable bonds is 3. The Morgan fingerprint density at radius 1 is 1.57 bits per heavy atom. The SMILES string of the molecule is O=[N+]([O-])c1nc(C(F)F)ccc1CBr. The van der Waals surface area contributed by atoms with Crippen LogP contribution in [0.4, 0.5) is 14.6 Å². The maximum Gasteiger partial charge on any atom is 0.367 e. The van der Waals surface area contributed by atoms with Gasteiger partial charge in [-0.15, -0.1) is 0 Å². The molecule has 0 unspecified atom stereocenters. The molecular weight excluding hydrogens is 262 g/mol. The van der Waals surface area contributed by atoms with Gasteiger partial charge in [0.1, 0.15) is 0 Å². The van der Waals surface area contributed by atoms with E-state index in [0.29, 0.717) is 0 Å². The first-order chi connectivity index (χ1) is 6.56. The maximum absolute atomic E-state index is 12.1. The van der Waals surface area contributed by atoms with E-state index in [2.05, 4.69) is 20.9 Å². The highest BCUT2D eigenvalue weighted by molar-refractivity contribution is 9.08. The van der Waals surface area contributed by atoms with Gasteiger partial charge in [0.05, 0.1) is 5.56 Å². The topological polar surface area (TPSA) is 56.0 Å². The lowest BCUT2D eigenvalue weighted by Gasteiger charge is -1.99. The van der Waals surface area contributed by atoms with Crippen LogP contribution < -0.4 is 0 Å². The molecule has 0 N–H and O–H groups in total. The number of nitro groups is 1. The molecule has 0 aliphatic rings. The lowest BCUT2D eigenvalue weighted by atomic mass is 10.2. The molecular formula is C7H5BrF2N2O2. The van der Waals surface area contributed by atoms with Gasteiger partial charge < -0.3 is 10.1 Å². The molecule has 0 spiro atoms. The van der Waals surface area contributed by atoms with E-state index in [1.165, 1.54) is 6.07 Å². The van der Waals surface area contributed by atoms with Gasteiger partial charge in [-0.2, -0.15) is 0 Å². The second-order valence-electron chi connectivity index (χ2n) is 2.41. The summed E-state index contributed by atoms with van der Waals surface area (Å²) in [6, 6.07) is 2.34. The van der Waals surface area contributed by atoms with Crippen LogP contribution in [0.5, 0.6) is 0 Å². The summed E-state index contributed by atoms with van der Waals surface area (Å²) in [6.07, 6.45) is -2.79. The van der Waals surface area contributed by atoms with Crippen molar-refractivity contribution in [2.75, 3.05) is 0 Å². The Bertz CT molecular complexity index is 360. The molecule has 1 rings (SSSR count). The summed E-state index contributed by atoms with van der Waals surface area (Å²) in [5.74, 6) is -0.528. The van der Waals surface area contributed by atoms with Crippen LogP contribution in [0.1, 0.15) is 17.7 Å². The number of hydrogen-bond acceptors (Lipinski definition) is 3. The van der Waals surface area contributed by atoms with Crippen molar-refractivity contribution in [3.63, 3.8) is 0 Å². The Morgan fingerprint density at radius 2 is 2.21 bits per heavy atom. The Morgan fingerprint density at radius 3 is 2.64 bits per heavy atom. The molecule has 0 bridgehead atoms. The number of hydrogen-bond donors (Lipinski definition) is 0. The van der Waals surface area contributed by atoms with Crippen LogP contribution in [-0.2, 0) is 5.33 Å². The highest BCUT2D eigenvalue weighted by Gasteiger charge is 2.21. The third-order valence-electron chi connectivity index (χ3n) is 1.52. The largest absolute Gasteiger partial charge is 0.367 e. The van der Waals surface area contributed by atoms with Gasteiger partial charge >= 0.3 is 12.2 Å². The van der Waals surface area contributed by atoms with Crippen LogP contribution in [0, 0.1) is 10.1 Å². The van der Waals surface area contributed by atoms with Crippen LogP contribution in [0.15, 0.2) is 12.1 Å². The summed E-state index contributed by atoms with van der Waals surface area (Å²) < 4.78 is 24.3. The number of aromatic nitrogens is 1. The average Bonchev–Trinajstić information content (AvgIpc) is 2.16. The molecule has 0 atom stereocenters. The predicted molar refractivity (Wildman–Crippen MR) is 48.5 cm³/mol. The standard InChI is InChI=1S/C7H5BrF2N2O2/c8-3-4-1-2-5(6(9)10)11-7(4)12(13)14/h1-2,6H,3H2. The first-order valence-corrected chi connectivity index (χ1v) is 4.66. The fourth-order valence-electron chi connectivity index (χ4n) is 0.876. The molecule has 0 amide bonds. The van der Waals surface area contributed by atoms with E-state index in [4.69, 9.17) is 0 Å². The summed E-state index contributed by atoms with van der Waals surface area (Å²) in [4.78, 5) is 12.9. The molecule has 0 fully saturated rings. The molecule has 0 saturated carbocycles. The van der Waals surface area contributed by atoms with Crippen LogP contribution in [0.2, 0.25) is 0 Å². The van der Waals surface area contributed by atoms with E-state index in [-0.39, 0.29) is 10.9 Å². The van der Waals surface area contributed by atoms with E-state index in [9.17, 15) is 18.9 Å². The Balaban J connectivity index is 3.21. The molecule has 0 saturated heterocycles. The van der Waals surface area contributed by atoms with Gasteiger partial charge in [-0.1, -0.05) is 15.9 Å². The summed E-state index contributed by atoms with van der Waals surface area (Å²) in [5.41, 5.74) is -0.305. The minimum absolute atomic E-state index is 0.208. The molecule has 0 aliphatic carbocycles. The Hall–Kier alpha value is -1.11. The van der Waals surface area contributed by atoms with E-state index in [0.717, 1.165) is 6.07 Å². The van der Waals surface area contributed by atoms with Crippen molar-refractivity contribution < 1.29 is 13.7 Å². The monoisotopic (exact) mass is 266 g/mol. The van der Waals surface area contributed by atoms with Crippen molar-refractivity contribution in [1.29, 1.82) is 0 Å². The molecule has 0 aromatic carbocycles. The molecule has 4 nitrogen and oxygen atoms in total. The van der Waals surface area contributed by atoms with Crippen LogP contribution in [0.25, 0.3) is 0 Å². The first kappa shape index (κ1) is 11.0. The molecule has 76 valence electrons. The normalized spacial score (nSPS) is 10.6. The second kappa shape index (κ2) is 4.41.